The SMILES string of the molecule is Cl[C@@H]1C[C@]2(Cl)C=C[C@@]1(Cl)C2(Cl)Cl. The molecule has 0 saturated heterocycles. The lowest BCUT2D eigenvalue weighted by Crippen LogP contribution is -2.43. The summed E-state index contributed by atoms with van der Waals surface area (Å²) in [5.41, 5.74) is 0. The van der Waals surface area contributed by atoms with Crippen LogP contribution in [0.25, 0.3) is 0 Å². The highest BCUT2D eigenvalue weighted by molar-refractivity contribution is 6.61. The van der Waals surface area contributed by atoms with Crippen molar-refractivity contribution in [2.75, 3.05) is 0 Å². The lowest BCUT2D eigenvalue weighted by Gasteiger charge is -2.30. The zero-order chi connectivity index (χ0) is 9.20. The number of hydrogen-bond donors (Lipinski definition) is 0. The number of alkyl halides is 5. The van der Waals surface area contributed by atoms with Crippen molar-refractivity contribution < 1.29 is 0 Å². The van der Waals surface area contributed by atoms with Crippen LogP contribution in [0.15, 0.2) is 12.2 Å². The fraction of sp³-hybridized carbons (Fsp3) is 0.714. The lowest BCUT2D eigenvalue weighted by atomic mass is 10.1. The summed E-state index contributed by atoms with van der Waals surface area (Å²) in [6.45, 7) is 0. The van der Waals surface area contributed by atoms with Crippen molar-refractivity contribution in [1.29, 1.82) is 0 Å². The molecule has 0 nitrogen and oxygen atoms in total. The van der Waals surface area contributed by atoms with Crippen LogP contribution in [0.1, 0.15) is 6.42 Å². The van der Waals surface area contributed by atoms with Crippen LogP contribution < -0.4 is 0 Å². The first-order chi connectivity index (χ1) is 5.33. The van der Waals surface area contributed by atoms with Gasteiger partial charge in [-0.2, -0.15) is 0 Å². The van der Waals surface area contributed by atoms with Crippen molar-refractivity contribution in [3.8, 4) is 0 Å². The predicted molar refractivity (Wildman–Crippen MR) is 55.0 cm³/mol. The summed E-state index contributed by atoms with van der Waals surface area (Å²) in [6.07, 6.45) is 3.94. The third-order valence-electron chi connectivity index (χ3n) is 2.53. The molecular formula is C7H5Cl5. The Kier molecular flexibility index (Phi) is 1.95. The van der Waals surface area contributed by atoms with Gasteiger partial charge in [-0.1, -0.05) is 35.4 Å². The first kappa shape index (κ1) is 9.73. The third kappa shape index (κ3) is 0.840. The van der Waals surface area contributed by atoms with E-state index in [0.717, 1.165) is 0 Å². The second-order valence-corrected chi connectivity index (χ2v) is 6.36. The van der Waals surface area contributed by atoms with Crippen molar-refractivity contribution in [3.05, 3.63) is 12.2 Å². The molecule has 5 heteroatoms. The average Bonchev–Trinajstić information content (AvgIpc) is 2.18. The van der Waals surface area contributed by atoms with E-state index < -0.39 is 14.1 Å². The molecule has 2 rings (SSSR count). The van der Waals surface area contributed by atoms with Gasteiger partial charge in [0.05, 0.1) is 10.3 Å². The summed E-state index contributed by atoms with van der Waals surface area (Å²) in [6, 6.07) is 0. The molecular weight excluding hydrogens is 261 g/mol. The molecule has 1 saturated carbocycles. The van der Waals surface area contributed by atoms with Gasteiger partial charge in [0, 0.05) is 0 Å². The highest BCUT2D eigenvalue weighted by Crippen LogP contribution is 2.66. The standard InChI is InChI=1S/C7H5Cl5/c8-4-3-5(9)1-2-6(4,10)7(5,11)12/h1-2,4H,3H2/t4-,5-,6+/m1/s1. The monoisotopic (exact) mass is 264 g/mol. The molecule has 0 aromatic carbocycles. The molecule has 0 amide bonds. The van der Waals surface area contributed by atoms with Crippen LogP contribution in [0.3, 0.4) is 0 Å². The quantitative estimate of drug-likeness (QED) is 0.463. The molecule has 0 unspecified atom stereocenters. The maximum atomic E-state index is 6.16. The van der Waals surface area contributed by atoms with Gasteiger partial charge >= 0.3 is 0 Å². The number of halogens is 5. The van der Waals surface area contributed by atoms with E-state index in [9.17, 15) is 0 Å². The van der Waals surface area contributed by atoms with Gasteiger partial charge < -0.3 is 0 Å². The van der Waals surface area contributed by atoms with Gasteiger partial charge in [0.25, 0.3) is 0 Å². The fourth-order valence-corrected chi connectivity index (χ4v) is 3.76. The summed E-state index contributed by atoms with van der Waals surface area (Å²) >= 11 is 30.4. The molecule has 2 aliphatic carbocycles. The van der Waals surface area contributed by atoms with E-state index in [2.05, 4.69) is 0 Å². The second kappa shape index (κ2) is 2.41. The van der Waals surface area contributed by atoms with E-state index in [1.165, 1.54) is 0 Å². The summed E-state index contributed by atoms with van der Waals surface area (Å²) in [7, 11) is 0. The van der Waals surface area contributed by atoms with Gasteiger partial charge in [0.2, 0.25) is 0 Å². The average molecular weight is 266 g/mol. The number of hydrogen-bond acceptors (Lipinski definition) is 0. The molecule has 12 heavy (non-hydrogen) atoms. The van der Waals surface area contributed by atoms with Crippen molar-refractivity contribution >= 4 is 58.0 Å². The Hall–Kier alpha value is 1.19. The fourth-order valence-electron chi connectivity index (χ4n) is 1.69. The Balaban J connectivity index is 2.56. The Morgan fingerprint density at radius 1 is 1.08 bits per heavy atom. The van der Waals surface area contributed by atoms with E-state index in [1.807, 2.05) is 0 Å². The molecule has 2 aliphatic rings. The van der Waals surface area contributed by atoms with Gasteiger partial charge in [0.15, 0.2) is 4.33 Å². The van der Waals surface area contributed by atoms with Gasteiger partial charge in [-0.05, 0) is 6.42 Å². The normalized spacial score (nSPS) is 54.9. The number of rotatable bonds is 0. The van der Waals surface area contributed by atoms with Crippen LogP contribution in [0, 0.1) is 0 Å². The summed E-state index contributed by atoms with van der Waals surface area (Å²) < 4.78 is -1.20. The summed E-state index contributed by atoms with van der Waals surface area (Å²) in [5, 5.41) is -0.309. The lowest BCUT2D eigenvalue weighted by molar-refractivity contribution is 0.692. The van der Waals surface area contributed by atoms with Crippen molar-refractivity contribution in [2.24, 2.45) is 0 Å². The minimum atomic E-state index is -1.20. The second-order valence-electron chi connectivity index (χ2n) is 3.21. The van der Waals surface area contributed by atoms with Crippen LogP contribution in [0.5, 0.6) is 0 Å². The van der Waals surface area contributed by atoms with Crippen molar-refractivity contribution in [3.63, 3.8) is 0 Å². The zero-order valence-electron chi connectivity index (χ0n) is 5.83. The summed E-state index contributed by atoms with van der Waals surface area (Å²) in [5.74, 6) is 0. The number of fused-ring (bicyclic) bond motifs is 2. The predicted octanol–water partition coefficient (Wildman–Crippen LogP) is 3.70. The molecule has 68 valence electrons. The molecule has 0 heterocycles. The van der Waals surface area contributed by atoms with E-state index in [4.69, 9.17) is 58.0 Å². The van der Waals surface area contributed by atoms with Crippen LogP contribution in [0.4, 0.5) is 0 Å². The third-order valence-corrected chi connectivity index (χ3v) is 6.06. The first-order valence-electron chi connectivity index (χ1n) is 3.44. The molecule has 2 bridgehead atoms. The highest BCUT2D eigenvalue weighted by atomic mass is 35.5. The number of allylic oxidation sites excluding steroid dienone is 2. The largest absolute Gasteiger partial charge is 0.164 e. The van der Waals surface area contributed by atoms with Crippen molar-refractivity contribution in [2.45, 2.75) is 25.9 Å². The van der Waals surface area contributed by atoms with E-state index in [1.54, 1.807) is 12.2 Å². The Morgan fingerprint density at radius 3 is 1.83 bits per heavy atom. The molecule has 3 atom stereocenters. The zero-order valence-corrected chi connectivity index (χ0v) is 9.61. The maximum absolute atomic E-state index is 6.16. The molecule has 0 aliphatic heterocycles. The van der Waals surface area contributed by atoms with E-state index in [0.29, 0.717) is 6.42 Å². The Labute approximate surface area is 95.7 Å². The van der Waals surface area contributed by atoms with Gasteiger partial charge in [-0.3, -0.25) is 0 Å². The molecule has 0 aromatic heterocycles. The Morgan fingerprint density at radius 2 is 1.67 bits per heavy atom. The Bertz CT molecular complexity index is 261. The van der Waals surface area contributed by atoms with Crippen LogP contribution in [-0.4, -0.2) is 19.5 Å². The minimum Gasteiger partial charge on any atom is -0.121 e. The van der Waals surface area contributed by atoms with Crippen LogP contribution in [0.2, 0.25) is 0 Å². The molecule has 1 fully saturated rings. The van der Waals surface area contributed by atoms with Gasteiger partial charge in [-0.15, -0.1) is 34.8 Å². The van der Waals surface area contributed by atoms with Crippen molar-refractivity contribution in [1.82, 2.24) is 0 Å². The van der Waals surface area contributed by atoms with Gasteiger partial charge in [-0.25, -0.2) is 0 Å². The smallest absolute Gasteiger partial charge is 0.121 e. The van der Waals surface area contributed by atoms with E-state index in [-0.39, 0.29) is 5.38 Å². The van der Waals surface area contributed by atoms with Crippen LogP contribution >= 0.6 is 58.0 Å². The summed E-state index contributed by atoms with van der Waals surface area (Å²) in [4.78, 5) is -1.72. The molecule has 0 spiro atoms. The molecule has 0 aromatic rings. The van der Waals surface area contributed by atoms with Gasteiger partial charge in [0.1, 0.15) is 4.87 Å². The highest BCUT2D eigenvalue weighted by Gasteiger charge is 2.72. The molecule has 0 radical (unpaired) electrons. The van der Waals surface area contributed by atoms with Crippen LogP contribution in [-0.2, 0) is 0 Å². The topological polar surface area (TPSA) is 0 Å². The maximum Gasteiger partial charge on any atom is 0.164 e. The minimum absolute atomic E-state index is 0.309. The first-order valence-corrected chi connectivity index (χ1v) is 5.38. The van der Waals surface area contributed by atoms with E-state index >= 15 is 0 Å². The molecule has 0 N–H and O–H groups in total.